The number of fused-ring (bicyclic) bond motifs is 3. The minimum atomic E-state index is -1.18. The van der Waals surface area contributed by atoms with E-state index in [1.807, 2.05) is 6.92 Å². The summed E-state index contributed by atoms with van der Waals surface area (Å²) in [5.41, 5.74) is 0. The number of nitrogens with one attached hydrogen (secondary N) is 2. The Morgan fingerprint density at radius 3 is 2.59 bits per heavy atom. The molecular weight excluding hydrogens is 510 g/mol. The van der Waals surface area contributed by atoms with Crippen LogP contribution in [0.4, 0.5) is 0 Å². The molecule has 2 saturated carbocycles. The predicted molar refractivity (Wildman–Crippen MR) is 94.3 cm³/mol. The first-order chi connectivity index (χ1) is 10.4. The summed E-state index contributed by atoms with van der Waals surface area (Å²) in [6, 6.07) is 4.60. The molecule has 2 saturated heterocycles. The Labute approximate surface area is 150 Å². The molecule has 0 spiro atoms. The van der Waals surface area contributed by atoms with Crippen LogP contribution in [0.15, 0.2) is 0 Å². The molecule has 0 aromatic carbocycles. The molecule has 0 aromatic rings. The van der Waals surface area contributed by atoms with Gasteiger partial charge in [0.05, 0.1) is 0 Å². The third-order valence-corrected chi connectivity index (χ3v) is 12.7. The van der Waals surface area contributed by atoms with Gasteiger partial charge < -0.3 is 0 Å². The van der Waals surface area contributed by atoms with E-state index in [-0.39, 0.29) is 33.3 Å². The van der Waals surface area contributed by atoms with Crippen molar-refractivity contribution in [2.24, 2.45) is 29.6 Å². The topological polar surface area (TPSA) is 118 Å². The van der Waals surface area contributed by atoms with Crippen LogP contribution in [-0.4, -0.2) is 19.7 Å². The van der Waals surface area contributed by atoms with Crippen LogP contribution in [0.3, 0.4) is 0 Å². The zero-order chi connectivity index (χ0) is 15.7. The van der Waals surface area contributed by atoms with E-state index in [0.29, 0.717) is 12.5 Å². The Bertz CT molecular complexity index is 619. The number of ether oxygens (including phenoxy) is 1. The van der Waals surface area contributed by atoms with Crippen LogP contribution in [0.1, 0.15) is 19.8 Å². The van der Waals surface area contributed by atoms with Gasteiger partial charge >= 0.3 is 151 Å². The molecule has 22 heavy (non-hydrogen) atoms. The van der Waals surface area contributed by atoms with Crippen molar-refractivity contribution < 1.29 is 9.53 Å². The number of nitrogens with zero attached hydrogens (tertiary/aromatic N) is 2. The molecule has 4 rings (SSSR count). The van der Waals surface area contributed by atoms with E-state index < -0.39 is 23.8 Å². The Kier molecular flexibility index (Phi) is 3.43. The second-order valence-corrected chi connectivity index (χ2v) is 13.2. The van der Waals surface area contributed by atoms with Crippen LogP contribution in [0.2, 0.25) is 0 Å². The first kappa shape index (κ1) is 15.4. The summed E-state index contributed by atoms with van der Waals surface area (Å²) < 4.78 is 11.7. The average Bonchev–Trinajstić information content (AvgIpc) is 3.29. The van der Waals surface area contributed by atoms with Crippen molar-refractivity contribution in [2.75, 3.05) is 6.61 Å². The summed E-state index contributed by atoms with van der Waals surface area (Å²) >= 11 is 1.01. The van der Waals surface area contributed by atoms with E-state index in [9.17, 15) is 15.3 Å². The van der Waals surface area contributed by atoms with E-state index in [1.54, 1.807) is 0 Å². The van der Waals surface area contributed by atoms with Crippen LogP contribution >= 0.6 is 43.0 Å². The molecular formula is C14H16I2N4O2. The van der Waals surface area contributed by atoms with Gasteiger partial charge in [-0.2, -0.15) is 0 Å². The fourth-order valence-electron chi connectivity index (χ4n) is 4.09. The Morgan fingerprint density at radius 1 is 1.41 bits per heavy atom. The zero-order valence-electron chi connectivity index (χ0n) is 12.0. The van der Waals surface area contributed by atoms with Gasteiger partial charge in [0.15, 0.2) is 0 Å². The first-order valence-corrected chi connectivity index (χ1v) is 11.7. The summed E-state index contributed by atoms with van der Waals surface area (Å²) in [7, 11) is 0. The standard InChI is InChI=1S/C14H16I2N4O2/c1-13(15,14-16(19-14)20-14)12(21)22-6-8-2-7-3-9(8)11(5-18)10(7)4-17/h7-11,19-20H,2-3,6H2,1H3. The molecule has 4 aliphatic rings. The van der Waals surface area contributed by atoms with Gasteiger partial charge in [0, 0.05) is 0 Å². The minimum absolute atomic E-state index is 0.107. The van der Waals surface area contributed by atoms with E-state index in [4.69, 9.17) is 4.74 Å². The fraction of sp³-hybridized carbons (Fsp3) is 0.786. The quantitative estimate of drug-likeness (QED) is 0.144. The van der Waals surface area contributed by atoms with Crippen LogP contribution in [0.5, 0.6) is 0 Å². The van der Waals surface area contributed by atoms with Crippen LogP contribution in [0, 0.1) is 52.3 Å². The maximum atomic E-state index is 12.4. The number of esters is 1. The number of carbonyl (C=O) groups is 1. The van der Waals surface area contributed by atoms with E-state index in [1.165, 1.54) is 0 Å². The number of carbonyl (C=O) groups excluding carboxylic acids is 1. The molecule has 2 N–H and O–H groups in total. The van der Waals surface area contributed by atoms with Gasteiger partial charge in [-0.1, -0.05) is 0 Å². The normalized spacial score (nSPS) is 43.5. The molecule has 0 amide bonds. The molecule has 6 unspecified atom stereocenters. The van der Waals surface area contributed by atoms with Crippen LogP contribution in [0.25, 0.3) is 0 Å². The van der Waals surface area contributed by atoms with E-state index >= 15 is 0 Å². The predicted octanol–water partition coefficient (Wildman–Crippen LogP) is 1.86. The number of hydrogen-bond donors (Lipinski definition) is 2. The average molecular weight is 526 g/mol. The van der Waals surface area contributed by atoms with E-state index in [0.717, 1.165) is 12.8 Å². The van der Waals surface area contributed by atoms with Gasteiger partial charge in [-0.15, -0.1) is 0 Å². The van der Waals surface area contributed by atoms with Crippen molar-refractivity contribution in [3.05, 3.63) is 0 Å². The molecule has 0 aromatic heterocycles. The summed E-state index contributed by atoms with van der Waals surface area (Å²) in [6.45, 7) is 2.31. The molecule has 8 heteroatoms. The summed E-state index contributed by atoms with van der Waals surface area (Å²) in [5.74, 6) is 0.271. The van der Waals surface area contributed by atoms with Crippen molar-refractivity contribution in [3.8, 4) is 12.1 Å². The van der Waals surface area contributed by atoms with Crippen molar-refractivity contribution in [3.63, 3.8) is 0 Å². The SMILES string of the molecule is CC(I)(C(=O)OCC1CC2CC1C(C#N)C2C#N)C12NI1N2. The molecule has 6 nitrogen and oxygen atoms in total. The molecule has 4 fully saturated rings. The third-order valence-electron chi connectivity index (χ3n) is 5.56. The molecule has 6 atom stereocenters. The van der Waals surface area contributed by atoms with E-state index in [2.05, 4.69) is 41.8 Å². The molecule has 2 heterocycles. The van der Waals surface area contributed by atoms with Crippen molar-refractivity contribution in [1.82, 2.24) is 7.06 Å². The Morgan fingerprint density at radius 2 is 2.05 bits per heavy atom. The van der Waals surface area contributed by atoms with Gasteiger partial charge in [-0.05, 0) is 0 Å². The van der Waals surface area contributed by atoms with Crippen LogP contribution in [-0.2, 0) is 9.53 Å². The zero-order valence-corrected chi connectivity index (χ0v) is 16.3. The molecule has 0 radical (unpaired) electrons. The maximum absolute atomic E-state index is 12.4. The first-order valence-electron chi connectivity index (χ1n) is 7.35. The Balaban J connectivity index is 1.37. The summed E-state index contributed by atoms with van der Waals surface area (Å²) in [5, 5.41) is 18.5. The fourth-order valence-corrected chi connectivity index (χ4v) is 11.9. The van der Waals surface area contributed by atoms with Gasteiger partial charge in [-0.3, -0.25) is 0 Å². The number of rotatable bonds is 4. The number of nitriles is 2. The van der Waals surface area contributed by atoms with Crippen molar-refractivity contribution >= 4 is 48.9 Å². The number of alkyl halides is 2. The molecule has 2 bridgehead atoms. The Hall–Kier alpha value is -0.170. The summed E-state index contributed by atoms with van der Waals surface area (Å²) in [4.78, 5) is 12.4. The van der Waals surface area contributed by atoms with Gasteiger partial charge in [0.2, 0.25) is 0 Å². The van der Waals surface area contributed by atoms with Gasteiger partial charge in [-0.25, -0.2) is 0 Å². The van der Waals surface area contributed by atoms with Crippen molar-refractivity contribution in [2.45, 2.75) is 26.9 Å². The van der Waals surface area contributed by atoms with Crippen molar-refractivity contribution in [1.29, 1.82) is 10.5 Å². The molecule has 118 valence electrons. The van der Waals surface area contributed by atoms with Crippen LogP contribution < -0.4 is 7.06 Å². The summed E-state index contributed by atoms with van der Waals surface area (Å²) in [6.07, 6.45) is 1.84. The van der Waals surface area contributed by atoms with Gasteiger partial charge in [0.25, 0.3) is 0 Å². The number of hydrogen-bond acceptors (Lipinski definition) is 6. The second-order valence-electron chi connectivity index (χ2n) is 6.70. The number of halogens is 2. The second kappa shape index (κ2) is 4.91. The van der Waals surface area contributed by atoms with Gasteiger partial charge in [0.1, 0.15) is 0 Å². The molecule has 2 aliphatic carbocycles. The third kappa shape index (κ3) is 1.96. The monoisotopic (exact) mass is 526 g/mol. The molecule has 2 aliphatic heterocycles.